The third kappa shape index (κ3) is 3.59. The second-order valence-electron chi connectivity index (χ2n) is 4.91. The topological polar surface area (TPSA) is 114 Å². The van der Waals surface area contributed by atoms with Gasteiger partial charge in [0.15, 0.2) is 11.5 Å². The average Bonchev–Trinajstić information content (AvgIpc) is 3.12. The number of amides is 1. The molecule has 1 aliphatic heterocycles. The molecule has 0 fully saturated rings. The first kappa shape index (κ1) is 16.5. The molecular formula is C16H11N3O5S. The summed E-state index contributed by atoms with van der Waals surface area (Å²) in [6.45, 7) is 0.595. The van der Waals surface area contributed by atoms with Crippen molar-refractivity contribution in [3.63, 3.8) is 0 Å². The smallest absolute Gasteiger partial charge is 0.296 e. The Morgan fingerprint density at radius 2 is 2.08 bits per heavy atom. The van der Waals surface area contributed by atoms with Gasteiger partial charge in [0, 0.05) is 10.9 Å². The van der Waals surface area contributed by atoms with Crippen LogP contribution >= 0.6 is 11.3 Å². The maximum absolute atomic E-state index is 12.3. The van der Waals surface area contributed by atoms with E-state index < -0.39 is 10.8 Å². The van der Waals surface area contributed by atoms with Gasteiger partial charge < -0.3 is 14.8 Å². The number of anilines is 1. The summed E-state index contributed by atoms with van der Waals surface area (Å²) in [5, 5.41) is 24.7. The Labute approximate surface area is 146 Å². The molecule has 2 aromatic rings. The number of carbonyl (C=O) groups excluding carboxylic acids is 1. The van der Waals surface area contributed by atoms with Crippen molar-refractivity contribution in [2.45, 2.75) is 0 Å². The third-order valence-electron chi connectivity index (χ3n) is 3.30. The van der Waals surface area contributed by atoms with Crippen molar-refractivity contribution < 1.29 is 19.2 Å². The van der Waals surface area contributed by atoms with Gasteiger partial charge >= 0.3 is 0 Å². The first-order valence-corrected chi connectivity index (χ1v) is 8.01. The molecule has 0 saturated heterocycles. The molecular weight excluding hydrogens is 346 g/mol. The van der Waals surface area contributed by atoms with Crippen LogP contribution in [0.15, 0.2) is 35.2 Å². The van der Waals surface area contributed by atoms with Gasteiger partial charge in [-0.05, 0) is 17.5 Å². The van der Waals surface area contributed by atoms with E-state index in [0.717, 1.165) is 4.88 Å². The maximum Gasteiger partial charge on any atom is 0.296 e. The number of ether oxygens (including phenoxy) is 2. The molecule has 2 heterocycles. The molecule has 0 unspecified atom stereocenters. The van der Waals surface area contributed by atoms with E-state index in [1.165, 1.54) is 29.5 Å². The summed E-state index contributed by atoms with van der Waals surface area (Å²) in [7, 11) is 0. The Bertz CT molecular complexity index is 899. The molecule has 126 valence electrons. The Hall–Kier alpha value is -3.38. The number of benzene rings is 1. The molecule has 0 saturated carbocycles. The van der Waals surface area contributed by atoms with Crippen molar-refractivity contribution in [1.29, 1.82) is 5.26 Å². The van der Waals surface area contributed by atoms with Crippen molar-refractivity contribution in [1.82, 2.24) is 0 Å². The number of nitro benzene ring substituents is 1. The second kappa shape index (κ2) is 7.02. The molecule has 8 nitrogen and oxygen atoms in total. The molecule has 1 amide bonds. The molecule has 0 atom stereocenters. The number of nitro groups is 1. The molecule has 0 radical (unpaired) electrons. The van der Waals surface area contributed by atoms with Crippen LogP contribution in [0, 0.1) is 21.4 Å². The lowest BCUT2D eigenvalue weighted by atomic mass is 10.2. The number of nitriles is 1. The van der Waals surface area contributed by atoms with E-state index in [4.69, 9.17) is 9.47 Å². The molecule has 0 bridgehead atoms. The molecule has 3 rings (SSSR count). The number of nitrogens with one attached hydrogen (secondary N) is 1. The molecule has 1 N–H and O–H groups in total. The minimum atomic E-state index is -0.740. The van der Waals surface area contributed by atoms with Crippen molar-refractivity contribution in [2.75, 3.05) is 18.5 Å². The fraction of sp³-hybridized carbons (Fsp3) is 0.125. The number of fused-ring (bicyclic) bond motifs is 1. The number of hydrogen-bond acceptors (Lipinski definition) is 7. The zero-order chi connectivity index (χ0) is 17.8. The van der Waals surface area contributed by atoms with Gasteiger partial charge in [-0.15, -0.1) is 11.3 Å². The molecule has 1 aromatic heterocycles. The highest BCUT2D eigenvalue weighted by Gasteiger charge is 2.24. The summed E-state index contributed by atoms with van der Waals surface area (Å²) < 4.78 is 10.7. The lowest BCUT2D eigenvalue weighted by Gasteiger charge is -2.19. The summed E-state index contributed by atoms with van der Waals surface area (Å²) >= 11 is 1.36. The van der Waals surface area contributed by atoms with Gasteiger partial charge in [-0.2, -0.15) is 5.26 Å². The number of nitrogens with zero attached hydrogens (tertiary/aromatic N) is 2. The molecule has 1 aliphatic rings. The lowest BCUT2D eigenvalue weighted by Crippen LogP contribution is -2.18. The van der Waals surface area contributed by atoms with E-state index in [0.29, 0.717) is 12.4 Å². The predicted molar refractivity (Wildman–Crippen MR) is 90.6 cm³/mol. The minimum absolute atomic E-state index is 0.0634. The van der Waals surface area contributed by atoms with E-state index in [-0.39, 0.29) is 29.3 Å². The van der Waals surface area contributed by atoms with Gasteiger partial charge in [-0.1, -0.05) is 6.07 Å². The van der Waals surface area contributed by atoms with Crippen molar-refractivity contribution in [3.8, 4) is 17.6 Å². The summed E-state index contributed by atoms with van der Waals surface area (Å²) in [4.78, 5) is 23.7. The van der Waals surface area contributed by atoms with Crippen LogP contribution in [0.1, 0.15) is 4.88 Å². The highest BCUT2D eigenvalue weighted by Crippen LogP contribution is 2.39. The molecule has 25 heavy (non-hydrogen) atoms. The van der Waals surface area contributed by atoms with Gasteiger partial charge in [0.2, 0.25) is 0 Å². The van der Waals surface area contributed by atoms with Crippen LogP contribution in [0.25, 0.3) is 6.08 Å². The number of carbonyl (C=O) groups is 1. The monoisotopic (exact) mass is 357 g/mol. The molecule has 0 spiro atoms. The number of thiophene rings is 1. The van der Waals surface area contributed by atoms with Crippen LogP contribution in [-0.2, 0) is 4.79 Å². The van der Waals surface area contributed by atoms with Crippen LogP contribution in [0.5, 0.6) is 11.5 Å². The Balaban J connectivity index is 1.92. The first-order chi connectivity index (χ1) is 12.1. The summed E-state index contributed by atoms with van der Waals surface area (Å²) in [5.74, 6) is -0.200. The highest BCUT2D eigenvalue weighted by molar-refractivity contribution is 7.10. The van der Waals surface area contributed by atoms with Crippen molar-refractivity contribution >= 4 is 34.7 Å². The summed E-state index contributed by atoms with van der Waals surface area (Å²) in [6, 6.07) is 7.86. The van der Waals surface area contributed by atoms with E-state index in [1.54, 1.807) is 18.2 Å². The predicted octanol–water partition coefficient (Wildman–Crippen LogP) is 2.97. The van der Waals surface area contributed by atoms with Gasteiger partial charge in [-0.25, -0.2) is 0 Å². The Kier molecular flexibility index (Phi) is 4.63. The van der Waals surface area contributed by atoms with Crippen molar-refractivity contribution in [3.05, 3.63) is 50.2 Å². The fourth-order valence-electron chi connectivity index (χ4n) is 2.18. The van der Waals surface area contributed by atoms with Crippen molar-refractivity contribution in [2.24, 2.45) is 0 Å². The minimum Gasteiger partial charge on any atom is -0.486 e. The Morgan fingerprint density at radius 1 is 1.36 bits per heavy atom. The van der Waals surface area contributed by atoms with Crippen LogP contribution < -0.4 is 14.8 Å². The van der Waals surface area contributed by atoms with E-state index in [9.17, 15) is 20.2 Å². The zero-order valence-corrected chi connectivity index (χ0v) is 13.5. The van der Waals surface area contributed by atoms with E-state index in [2.05, 4.69) is 5.32 Å². The largest absolute Gasteiger partial charge is 0.486 e. The van der Waals surface area contributed by atoms with Crippen LogP contribution in [0.2, 0.25) is 0 Å². The van der Waals surface area contributed by atoms with Gasteiger partial charge in [0.1, 0.15) is 30.5 Å². The molecule has 9 heteroatoms. The van der Waals surface area contributed by atoms with Crippen LogP contribution in [0.4, 0.5) is 11.4 Å². The Morgan fingerprint density at radius 3 is 2.68 bits per heavy atom. The average molecular weight is 357 g/mol. The second-order valence-corrected chi connectivity index (χ2v) is 5.89. The number of rotatable bonds is 4. The maximum atomic E-state index is 12.3. The number of hydrogen-bond donors (Lipinski definition) is 1. The molecule has 1 aromatic carbocycles. The third-order valence-corrected chi connectivity index (χ3v) is 4.12. The van der Waals surface area contributed by atoms with Gasteiger partial charge in [-0.3, -0.25) is 14.9 Å². The lowest BCUT2D eigenvalue weighted by molar-refractivity contribution is -0.384. The normalized spacial score (nSPS) is 13.0. The van der Waals surface area contributed by atoms with E-state index in [1.807, 2.05) is 5.38 Å². The summed E-state index contributed by atoms with van der Waals surface area (Å²) in [6.07, 6.45) is 1.42. The first-order valence-electron chi connectivity index (χ1n) is 7.13. The molecule has 0 aliphatic carbocycles. The highest BCUT2D eigenvalue weighted by atomic mass is 32.1. The van der Waals surface area contributed by atoms with E-state index >= 15 is 0 Å². The van der Waals surface area contributed by atoms with Gasteiger partial charge in [0.25, 0.3) is 11.6 Å². The fourth-order valence-corrected chi connectivity index (χ4v) is 2.84. The quantitative estimate of drug-likeness (QED) is 0.389. The SMILES string of the molecule is N#CC(=Cc1cccs1)C(=O)Nc1cc2c(cc1[N+](=O)[O-])OCCO2. The van der Waals surface area contributed by atoms with Crippen LogP contribution in [0.3, 0.4) is 0 Å². The summed E-state index contributed by atoms with van der Waals surface area (Å²) in [5.41, 5.74) is -0.566. The zero-order valence-electron chi connectivity index (χ0n) is 12.7. The van der Waals surface area contributed by atoms with Crippen LogP contribution in [-0.4, -0.2) is 24.0 Å². The van der Waals surface area contributed by atoms with Gasteiger partial charge in [0.05, 0.1) is 11.0 Å². The standard InChI is InChI=1S/C16H11N3O5S/c17-9-10(6-11-2-1-5-25-11)16(20)18-12-7-14-15(24-4-3-23-14)8-13(12)19(21)22/h1-2,5-8H,3-4H2,(H,18,20).